The summed E-state index contributed by atoms with van der Waals surface area (Å²) in [4.78, 5) is 10.8. The normalized spacial score (nSPS) is 5.11. The third kappa shape index (κ3) is 17.6. The smallest absolute Gasteiger partial charge is 0.544 e. The minimum absolute atomic E-state index is 0. The Balaban J connectivity index is -0.0000000417. The van der Waals surface area contributed by atoms with E-state index in [0.717, 1.165) is 0 Å². The SMILES string of the molecule is [CH2-]CN(C)[C-]=O.[V+2].[V].[V]. The van der Waals surface area contributed by atoms with Gasteiger partial charge in [0.25, 0.3) is 0 Å². The van der Waals surface area contributed by atoms with Crippen LogP contribution in [0.2, 0.25) is 0 Å². The van der Waals surface area contributed by atoms with Gasteiger partial charge in [0, 0.05) is 37.1 Å². The predicted molar refractivity (Wildman–Crippen MR) is 23.7 cm³/mol. The average molecular weight is 238 g/mol. The number of hydrogen-bond acceptors (Lipinski definition) is 1. The van der Waals surface area contributed by atoms with E-state index in [0.29, 0.717) is 6.54 Å². The molecule has 5 heteroatoms. The van der Waals surface area contributed by atoms with E-state index in [-0.39, 0.29) is 55.7 Å². The molecule has 0 aromatic heterocycles. The summed E-state index contributed by atoms with van der Waals surface area (Å²) in [5, 5.41) is 0. The number of nitrogens with zero attached hydrogens (tertiary/aromatic N) is 1. The van der Waals surface area contributed by atoms with Crippen LogP contribution in [0.1, 0.15) is 0 Å². The third-order valence-electron chi connectivity index (χ3n) is 0.491. The maximum absolute atomic E-state index is 9.50. The fourth-order valence-corrected chi connectivity index (χ4v) is 0.0456. The van der Waals surface area contributed by atoms with Crippen molar-refractivity contribution in [3.05, 3.63) is 6.92 Å². The molecule has 0 aromatic rings. The number of hydrogen-bond donors (Lipinski definition) is 0. The molecule has 0 fully saturated rings. The van der Waals surface area contributed by atoms with Gasteiger partial charge in [0.15, 0.2) is 0 Å². The van der Waals surface area contributed by atoms with E-state index in [1.165, 1.54) is 4.90 Å². The molecule has 0 saturated carbocycles. The first-order valence-electron chi connectivity index (χ1n) is 1.69. The molecule has 2 nitrogen and oxygen atoms in total. The molecule has 0 unspecified atom stereocenters. The molecule has 0 aliphatic rings. The minimum atomic E-state index is 0. The number of amides is 1. The van der Waals surface area contributed by atoms with Crippen LogP contribution in [0.4, 0.5) is 0 Å². The van der Waals surface area contributed by atoms with Gasteiger partial charge in [-0.2, -0.15) is 6.41 Å². The molecular formula is C4H7NOV3. The zero-order valence-electron chi connectivity index (χ0n) is 5.11. The summed E-state index contributed by atoms with van der Waals surface area (Å²) in [5.74, 6) is 0. The van der Waals surface area contributed by atoms with Crippen molar-refractivity contribution < 1.29 is 60.5 Å². The van der Waals surface area contributed by atoms with Crippen LogP contribution in [-0.4, -0.2) is 24.9 Å². The maximum atomic E-state index is 9.50. The monoisotopic (exact) mass is 238 g/mol. The Kier molecular flexibility index (Phi) is 40.2. The quantitative estimate of drug-likeness (QED) is 0.482. The second kappa shape index (κ2) is 16.1. The third-order valence-corrected chi connectivity index (χ3v) is 0.491. The van der Waals surface area contributed by atoms with Crippen LogP contribution < -0.4 is 0 Å². The van der Waals surface area contributed by atoms with Crippen molar-refractivity contribution in [3.63, 3.8) is 0 Å². The molecule has 0 spiro atoms. The Bertz CT molecular complexity index is 53.1. The van der Waals surface area contributed by atoms with Gasteiger partial charge in [-0.05, 0) is 7.05 Å². The summed E-state index contributed by atoms with van der Waals surface area (Å²) in [6.07, 6.45) is 1.64. The summed E-state index contributed by atoms with van der Waals surface area (Å²) >= 11 is 0. The van der Waals surface area contributed by atoms with Crippen molar-refractivity contribution in [2.45, 2.75) is 0 Å². The largest absolute Gasteiger partial charge is 2.00 e. The van der Waals surface area contributed by atoms with Crippen molar-refractivity contribution in [2.75, 3.05) is 13.6 Å². The first-order chi connectivity index (χ1) is 2.81. The molecule has 1 amide bonds. The second-order valence-electron chi connectivity index (χ2n) is 1.01. The van der Waals surface area contributed by atoms with Crippen LogP contribution in [0.3, 0.4) is 0 Å². The summed E-state index contributed by atoms with van der Waals surface area (Å²) < 4.78 is 0. The summed E-state index contributed by atoms with van der Waals surface area (Å²) in [5.41, 5.74) is 0. The second-order valence-corrected chi connectivity index (χ2v) is 1.01. The van der Waals surface area contributed by atoms with Crippen molar-refractivity contribution in [3.8, 4) is 0 Å². The first-order valence-corrected chi connectivity index (χ1v) is 1.69. The van der Waals surface area contributed by atoms with Crippen LogP contribution in [0.15, 0.2) is 0 Å². The van der Waals surface area contributed by atoms with Crippen molar-refractivity contribution >= 4 is 6.41 Å². The molecule has 9 heavy (non-hydrogen) atoms. The van der Waals surface area contributed by atoms with Gasteiger partial charge in [0.05, 0.1) is 0 Å². The molecule has 0 aromatic carbocycles. The van der Waals surface area contributed by atoms with Gasteiger partial charge >= 0.3 is 18.6 Å². The van der Waals surface area contributed by atoms with E-state index >= 15 is 0 Å². The summed E-state index contributed by atoms with van der Waals surface area (Å²) in [6, 6.07) is 0. The molecule has 0 heterocycles. The van der Waals surface area contributed by atoms with Crippen LogP contribution in [-0.2, 0) is 60.5 Å². The Morgan fingerprint density at radius 1 is 1.56 bits per heavy atom. The van der Waals surface area contributed by atoms with Gasteiger partial charge in [-0.1, -0.05) is 0 Å². The zero-order valence-corrected chi connectivity index (χ0v) is 9.30. The number of rotatable bonds is 2. The zero-order chi connectivity index (χ0) is 4.99. The molecule has 49 valence electrons. The van der Waals surface area contributed by atoms with Crippen molar-refractivity contribution in [1.82, 2.24) is 4.90 Å². The topological polar surface area (TPSA) is 20.3 Å². The van der Waals surface area contributed by atoms with Crippen molar-refractivity contribution in [2.24, 2.45) is 0 Å². The molecule has 0 N–H and O–H groups in total. The van der Waals surface area contributed by atoms with Gasteiger partial charge in [-0.15, -0.1) is 6.54 Å². The van der Waals surface area contributed by atoms with Crippen molar-refractivity contribution in [1.29, 1.82) is 0 Å². The summed E-state index contributed by atoms with van der Waals surface area (Å²) in [6.45, 7) is 3.91. The average Bonchev–Trinajstić information content (AvgIpc) is 1.65. The van der Waals surface area contributed by atoms with E-state index in [2.05, 4.69) is 6.92 Å². The molecule has 0 saturated heterocycles. The Labute approximate surface area is 91.8 Å². The molecular weight excluding hydrogens is 231 g/mol. The van der Waals surface area contributed by atoms with E-state index in [1.807, 2.05) is 0 Å². The standard InChI is InChI=1S/C4H7NO.3V/c1-3-5(2)4-6;;;/h1,3H2,2H3;;;/q-2;;;+2. The molecule has 0 atom stereocenters. The van der Waals surface area contributed by atoms with E-state index in [9.17, 15) is 4.79 Å². The van der Waals surface area contributed by atoms with Crippen LogP contribution >= 0.6 is 0 Å². The molecule has 0 rings (SSSR count). The van der Waals surface area contributed by atoms with E-state index in [1.54, 1.807) is 13.5 Å². The van der Waals surface area contributed by atoms with Crippen LogP contribution in [0.25, 0.3) is 0 Å². The maximum Gasteiger partial charge on any atom is 2.00 e. The van der Waals surface area contributed by atoms with Gasteiger partial charge in [-0.3, -0.25) is 0 Å². The van der Waals surface area contributed by atoms with Crippen LogP contribution in [0, 0.1) is 6.92 Å². The van der Waals surface area contributed by atoms with Gasteiger partial charge in [0.1, 0.15) is 0 Å². The molecule has 0 aliphatic carbocycles. The fourth-order valence-electron chi connectivity index (χ4n) is 0.0456. The molecule has 3 radical (unpaired) electrons. The predicted octanol–water partition coefficient (Wildman–Crippen LogP) is -0.188. The number of carbonyl (C=O) groups excluding carboxylic acids is 1. The fraction of sp³-hybridized carbons (Fsp3) is 0.500. The Hall–Kier alpha value is 1.22. The first kappa shape index (κ1) is 22.5. The van der Waals surface area contributed by atoms with Gasteiger partial charge in [-0.25, -0.2) is 0 Å². The Morgan fingerprint density at radius 2 is 1.89 bits per heavy atom. The van der Waals surface area contributed by atoms with Gasteiger partial charge in [0.2, 0.25) is 0 Å². The molecule has 0 bridgehead atoms. The van der Waals surface area contributed by atoms with Gasteiger partial charge < -0.3 is 16.6 Å². The molecule has 0 aliphatic heterocycles. The van der Waals surface area contributed by atoms with Crippen LogP contribution in [0.5, 0.6) is 0 Å². The van der Waals surface area contributed by atoms with E-state index < -0.39 is 0 Å². The summed E-state index contributed by atoms with van der Waals surface area (Å²) in [7, 11) is 1.62. The Morgan fingerprint density at radius 3 is 1.89 bits per heavy atom. The van der Waals surface area contributed by atoms with E-state index in [4.69, 9.17) is 0 Å². The minimum Gasteiger partial charge on any atom is -0.544 e.